The molecule has 1 heterocycles. The van der Waals surface area contributed by atoms with E-state index < -0.39 is 20.1 Å². The van der Waals surface area contributed by atoms with E-state index in [1.807, 2.05) is 0 Å². The molecule has 0 radical (unpaired) electrons. The fraction of sp³-hybridized carbons (Fsp3) is 0.308. The maximum absolute atomic E-state index is 11.2. The van der Waals surface area contributed by atoms with Gasteiger partial charge in [0.1, 0.15) is 0 Å². The first-order valence-corrected chi connectivity index (χ1v) is 10.7. The number of hydrogen-bond acceptors (Lipinski definition) is 10. The van der Waals surface area contributed by atoms with Crippen LogP contribution in [0.5, 0.6) is 6.01 Å². The number of nitrogens with one attached hydrogen (secondary N) is 3. The minimum atomic E-state index is -4.35. The highest BCUT2D eigenvalue weighted by molar-refractivity contribution is 7.88. The Morgan fingerprint density at radius 3 is 2.41 bits per heavy atom. The topological polar surface area (TPSA) is 172 Å². The van der Waals surface area contributed by atoms with Gasteiger partial charge in [-0.15, -0.1) is 0 Å². The molecule has 27 heavy (non-hydrogen) atoms. The van der Waals surface area contributed by atoms with Crippen molar-refractivity contribution >= 4 is 37.7 Å². The molecule has 0 aliphatic rings. The van der Waals surface area contributed by atoms with Gasteiger partial charge in [-0.05, 0) is 18.2 Å². The van der Waals surface area contributed by atoms with Crippen molar-refractivity contribution in [1.29, 1.82) is 0 Å². The van der Waals surface area contributed by atoms with Crippen LogP contribution in [0.15, 0.2) is 29.2 Å². The average Bonchev–Trinajstić information content (AvgIpc) is 2.57. The van der Waals surface area contributed by atoms with E-state index in [1.165, 1.54) is 25.3 Å². The van der Waals surface area contributed by atoms with Crippen molar-refractivity contribution in [2.75, 3.05) is 37.1 Å². The van der Waals surface area contributed by atoms with Crippen LogP contribution in [0.1, 0.15) is 0 Å². The summed E-state index contributed by atoms with van der Waals surface area (Å²) < 4.78 is 60.9. The second kappa shape index (κ2) is 8.43. The number of nitrogens with zero attached hydrogens (tertiary/aromatic N) is 3. The summed E-state index contributed by atoms with van der Waals surface area (Å²) in [4.78, 5) is 11.8. The van der Waals surface area contributed by atoms with Gasteiger partial charge in [0.15, 0.2) is 0 Å². The third-order valence-electron chi connectivity index (χ3n) is 2.96. The van der Waals surface area contributed by atoms with E-state index in [0.29, 0.717) is 5.69 Å². The van der Waals surface area contributed by atoms with Crippen molar-refractivity contribution in [3.63, 3.8) is 0 Å². The van der Waals surface area contributed by atoms with Crippen molar-refractivity contribution in [3.05, 3.63) is 24.3 Å². The highest BCUT2D eigenvalue weighted by atomic mass is 32.2. The lowest BCUT2D eigenvalue weighted by Crippen LogP contribution is -2.28. The zero-order valence-corrected chi connectivity index (χ0v) is 16.0. The van der Waals surface area contributed by atoms with Gasteiger partial charge >= 0.3 is 6.01 Å². The lowest BCUT2D eigenvalue weighted by molar-refractivity contribution is 0.379. The summed E-state index contributed by atoms with van der Waals surface area (Å²) >= 11 is 0. The van der Waals surface area contributed by atoms with E-state index in [2.05, 4.69) is 30.3 Å². The lowest BCUT2D eigenvalue weighted by Gasteiger charge is -2.10. The first-order chi connectivity index (χ1) is 12.6. The smallest absolute Gasteiger partial charge is 0.322 e. The van der Waals surface area contributed by atoms with Gasteiger partial charge in [-0.25, -0.2) is 13.1 Å². The Labute approximate surface area is 156 Å². The van der Waals surface area contributed by atoms with Crippen LogP contribution in [-0.4, -0.2) is 62.8 Å². The van der Waals surface area contributed by atoms with E-state index >= 15 is 0 Å². The maximum Gasteiger partial charge on any atom is 0.322 e. The van der Waals surface area contributed by atoms with Crippen LogP contribution in [0, 0.1) is 0 Å². The normalized spacial score (nSPS) is 11.8. The van der Waals surface area contributed by atoms with Crippen LogP contribution < -0.4 is 20.1 Å². The molecule has 0 amide bonds. The van der Waals surface area contributed by atoms with Crippen molar-refractivity contribution in [2.24, 2.45) is 0 Å². The second-order valence-electron chi connectivity index (χ2n) is 5.19. The molecular weight excluding hydrogens is 400 g/mol. The van der Waals surface area contributed by atoms with E-state index in [1.54, 1.807) is 6.07 Å². The van der Waals surface area contributed by atoms with Gasteiger partial charge in [0.2, 0.25) is 21.9 Å². The van der Waals surface area contributed by atoms with Crippen molar-refractivity contribution < 1.29 is 26.1 Å². The second-order valence-corrected chi connectivity index (χ2v) is 8.45. The van der Waals surface area contributed by atoms with Crippen LogP contribution in [0.3, 0.4) is 0 Å². The Kier molecular flexibility index (Phi) is 6.48. The number of aromatic nitrogens is 3. The molecule has 0 bridgehead atoms. The molecule has 0 spiro atoms. The van der Waals surface area contributed by atoms with Crippen molar-refractivity contribution in [2.45, 2.75) is 4.90 Å². The van der Waals surface area contributed by atoms with E-state index in [4.69, 9.17) is 9.29 Å². The Hall–Kier alpha value is -2.55. The molecule has 1 aromatic heterocycles. The zero-order chi connectivity index (χ0) is 20.1. The van der Waals surface area contributed by atoms with Crippen LogP contribution in [0.4, 0.5) is 17.6 Å². The number of methoxy groups -OCH3 is 1. The van der Waals surface area contributed by atoms with Crippen molar-refractivity contribution in [1.82, 2.24) is 19.7 Å². The summed E-state index contributed by atoms with van der Waals surface area (Å²) in [7, 11) is -6.30. The molecule has 14 heteroatoms. The highest BCUT2D eigenvalue weighted by Gasteiger charge is 2.12. The van der Waals surface area contributed by atoms with Gasteiger partial charge in [0.05, 0.1) is 18.3 Å². The molecule has 0 unspecified atom stereocenters. The van der Waals surface area contributed by atoms with Gasteiger partial charge < -0.3 is 15.4 Å². The number of ether oxygens (including phenoxy) is 1. The summed E-state index contributed by atoms with van der Waals surface area (Å²) in [5.74, 6) is 0.165. The number of benzene rings is 1. The minimum absolute atomic E-state index is 0.0167. The maximum atomic E-state index is 11.2. The van der Waals surface area contributed by atoms with Gasteiger partial charge in [0.25, 0.3) is 10.1 Å². The van der Waals surface area contributed by atoms with Crippen molar-refractivity contribution in [3.8, 4) is 6.01 Å². The number of rotatable bonds is 9. The fourth-order valence-corrected chi connectivity index (χ4v) is 2.86. The Morgan fingerprint density at radius 2 is 1.78 bits per heavy atom. The van der Waals surface area contributed by atoms with Gasteiger partial charge in [-0.1, -0.05) is 6.07 Å². The molecule has 0 saturated carbocycles. The molecule has 0 aliphatic carbocycles. The molecule has 1 aromatic carbocycles. The summed E-state index contributed by atoms with van der Waals surface area (Å²) in [6, 6.07) is 5.40. The summed E-state index contributed by atoms with van der Waals surface area (Å²) in [6.07, 6.45) is 1.04. The Morgan fingerprint density at radius 1 is 1.07 bits per heavy atom. The molecule has 0 fully saturated rings. The number of anilines is 3. The molecular formula is C13H18N6O6S2. The summed E-state index contributed by atoms with van der Waals surface area (Å²) in [5.41, 5.74) is 0.308. The standard InChI is InChI=1S/C13H18N6O6S2/c1-25-13-18-11(14-6-7-15-26(2,20)21)17-12(19-13)16-9-4-3-5-10(8-9)27(22,23)24/h3-5,8,15H,6-7H2,1-2H3,(H,22,23,24)(H2,14,16,17,18,19). The Bertz CT molecular complexity index is 1010. The Balaban J connectivity index is 2.15. The number of sulfonamides is 1. The molecule has 2 rings (SSSR count). The average molecular weight is 418 g/mol. The third kappa shape index (κ3) is 6.93. The minimum Gasteiger partial charge on any atom is -0.467 e. The monoisotopic (exact) mass is 418 g/mol. The third-order valence-corrected chi connectivity index (χ3v) is 4.54. The van der Waals surface area contributed by atoms with Crippen LogP contribution in [0.25, 0.3) is 0 Å². The first kappa shape index (κ1) is 20.8. The zero-order valence-electron chi connectivity index (χ0n) is 14.4. The summed E-state index contributed by atoms with van der Waals surface area (Å²) in [6.45, 7) is 0.323. The lowest BCUT2D eigenvalue weighted by atomic mass is 10.3. The van der Waals surface area contributed by atoms with Gasteiger partial charge in [0, 0.05) is 18.8 Å². The molecule has 148 valence electrons. The molecule has 0 aliphatic heterocycles. The van der Waals surface area contributed by atoms with E-state index in [9.17, 15) is 16.8 Å². The molecule has 4 N–H and O–H groups in total. The predicted molar refractivity (Wildman–Crippen MR) is 97.3 cm³/mol. The molecule has 0 saturated heterocycles. The highest BCUT2D eigenvalue weighted by Crippen LogP contribution is 2.19. The number of hydrogen-bond donors (Lipinski definition) is 4. The van der Waals surface area contributed by atoms with Gasteiger partial charge in [-0.3, -0.25) is 4.55 Å². The van der Waals surface area contributed by atoms with Crippen LogP contribution in [-0.2, 0) is 20.1 Å². The van der Waals surface area contributed by atoms with E-state index in [-0.39, 0.29) is 35.9 Å². The van der Waals surface area contributed by atoms with Gasteiger partial charge in [-0.2, -0.15) is 23.4 Å². The molecule has 0 atom stereocenters. The molecule has 2 aromatic rings. The quantitative estimate of drug-likeness (QED) is 0.314. The largest absolute Gasteiger partial charge is 0.467 e. The SMILES string of the molecule is COc1nc(NCCNS(C)(=O)=O)nc(Nc2cccc(S(=O)(=O)O)c2)n1. The summed E-state index contributed by atoms with van der Waals surface area (Å²) in [5, 5.41) is 5.59. The predicted octanol–water partition coefficient (Wildman–Crippen LogP) is -0.168. The van der Waals surface area contributed by atoms with E-state index in [0.717, 1.165) is 6.26 Å². The van der Waals surface area contributed by atoms with Crippen LogP contribution >= 0.6 is 0 Å². The molecule has 12 nitrogen and oxygen atoms in total. The van der Waals surface area contributed by atoms with Crippen LogP contribution in [0.2, 0.25) is 0 Å². The fourth-order valence-electron chi connectivity index (χ4n) is 1.86. The first-order valence-electron chi connectivity index (χ1n) is 7.40.